The highest BCUT2D eigenvalue weighted by Crippen LogP contribution is 2.28. The van der Waals surface area contributed by atoms with Crippen LogP contribution in [0.25, 0.3) is 0 Å². The van der Waals surface area contributed by atoms with E-state index in [0.717, 1.165) is 22.8 Å². The Balaban J connectivity index is 1.60. The molecule has 0 spiro atoms. The molecule has 3 rings (SSSR count). The predicted octanol–water partition coefficient (Wildman–Crippen LogP) is 1.19. The molecule has 2 N–H and O–H groups in total. The number of rotatable bonds is 5. The van der Waals surface area contributed by atoms with Gasteiger partial charge in [-0.15, -0.1) is 0 Å². The van der Waals surface area contributed by atoms with E-state index in [1.165, 1.54) is 0 Å². The molecule has 24 heavy (non-hydrogen) atoms. The average molecular weight is 357 g/mol. The number of aryl methyl sites for hydroxylation is 2. The third-order valence-corrected chi connectivity index (χ3v) is 6.12. The third kappa shape index (κ3) is 3.60. The number of halogens is 1. The molecule has 2 saturated heterocycles. The largest absolute Gasteiger partial charge is 0.379 e. The Morgan fingerprint density at radius 3 is 3.00 bits per heavy atom. The summed E-state index contributed by atoms with van der Waals surface area (Å²) in [5, 5.41) is 17.0. The van der Waals surface area contributed by atoms with Gasteiger partial charge < -0.3 is 14.9 Å². The first-order chi connectivity index (χ1) is 11.4. The lowest BCUT2D eigenvalue weighted by molar-refractivity contribution is -0.137. The molecule has 0 bridgehead atoms. The van der Waals surface area contributed by atoms with Crippen LogP contribution in [0.5, 0.6) is 0 Å². The number of hydrogen-bond acceptors (Lipinski definition) is 6. The Morgan fingerprint density at radius 1 is 1.58 bits per heavy atom. The second-order valence-electron chi connectivity index (χ2n) is 6.76. The van der Waals surface area contributed by atoms with Gasteiger partial charge in [-0.3, -0.25) is 9.69 Å². The highest BCUT2D eigenvalue weighted by atomic mass is 32.2. The third-order valence-electron chi connectivity index (χ3n) is 4.94. The molecule has 2 fully saturated rings. The van der Waals surface area contributed by atoms with E-state index in [1.54, 1.807) is 11.8 Å². The Bertz CT molecular complexity index is 584. The number of likely N-dealkylation sites (tertiary alicyclic amines) is 1. The smallest absolute Gasteiger partial charge is 0.252 e. The van der Waals surface area contributed by atoms with Gasteiger partial charge in [0.25, 0.3) is 5.91 Å². The van der Waals surface area contributed by atoms with Crippen LogP contribution in [0.1, 0.15) is 29.9 Å². The molecule has 3 heterocycles. The minimum atomic E-state index is -1.27. The van der Waals surface area contributed by atoms with Crippen molar-refractivity contribution in [1.82, 2.24) is 15.4 Å². The van der Waals surface area contributed by atoms with E-state index in [9.17, 15) is 14.3 Å². The standard InChI is InChI=1S/C16H24FN3O3S/c1-10-14(11(2)23-19-10)8-20-7-12(17)5-13(20)6-18-15(21)16(22)3-4-24-9-16/h12-13,22H,3-9H2,1-2H3,(H,18,21)/t12-,13-,16?/m0/s1. The van der Waals surface area contributed by atoms with Crippen molar-refractivity contribution in [2.75, 3.05) is 24.6 Å². The van der Waals surface area contributed by atoms with E-state index in [4.69, 9.17) is 4.52 Å². The lowest BCUT2D eigenvalue weighted by Crippen LogP contribution is -2.50. The second-order valence-corrected chi connectivity index (χ2v) is 7.87. The van der Waals surface area contributed by atoms with Gasteiger partial charge in [-0.1, -0.05) is 5.16 Å². The average Bonchev–Trinajstić information content (AvgIpc) is 3.21. The molecular weight excluding hydrogens is 333 g/mol. The molecule has 1 amide bonds. The number of carbonyl (C=O) groups excluding carboxylic acids is 1. The number of hydrogen-bond donors (Lipinski definition) is 2. The monoisotopic (exact) mass is 357 g/mol. The van der Waals surface area contributed by atoms with Gasteiger partial charge in [0.15, 0.2) is 5.60 Å². The number of thioether (sulfide) groups is 1. The van der Waals surface area contributed by atoms with Gasteiger partial charge in [-0.2, -0.15) is 11.8 Å². The summed E-state index contributed by atoms with van der Waals surface area (Å²) in [6.45, 7) is 4.96. The lowest BCUT2D eigenvalue weighted by Gasteiger charge is -2.26. The van der Waals surface area contributed by atoms with E-state index in [0.29, 0.717) is 38.2 Å². The summed E-state index contributed by atoms with van der Waals surface area (Å²) in [5.74, 6) is 1.62. The maximum absolute atomic E-state index is 13.9. The summed E-state index contributed by atoms with van der Waals surface area (Å²) in [6.07, 6.45) is -0.0445. The van der Waals surface area contributed by atoms with Gasteiger partial charge in [0.2, 0.25) is 0 Å². The van der Waals surface area contributed by atoms with Gasteiger partial charge in [-0.25, -0.2) is 4.39 Å². The quantitative estimate of drug-likeness (QED) is 0.824. The molecule has 0 aliphatic carbocycles. The van der Waals surface area contributed by atoms with Crippen molar-refractivity contribution in [1.29, 1.82) is 0 Å². The van der Waals surface area contributed by atoms with Gasteiger partial charge in [0, 0.05) is 37.0 Å². The molecule has 0 saturated carbocycles. The Hall–Kier alpha value is -1.12. The van der Waals surface area contributed by atoms with Crippen LogP contribution >= 0.6 is 11.8 Å². The summed E-state index contributed by atoms with van der Waals surface area (Å²) in [7, 11) is 0. The van der Waals surface area contributed by atoms with E-state index < -0.39 is 11.8 Å². The van der Waals surface area contributed by atoms with Crippen molar-refractivity contribution in [3.63, 3.8) is 0 Å². The first-order valence-electron chi connectivity index (χ1n) is 8.27. The molecule has 3 atom stereocenters. The number of aliphatic hydroxyl groups is 1. The summed E-state index contributed by atoms with van der Waals surface area (Å²) < 4.78 is 19.1. The summed E-state index contributed by atoms with van der Waals surface area (Å²) in [6, 6.07) is -0.0877. The molecule has 1 aromatic rings. The number of carbonyl (C=O) groups is 1. The molecule has 0 aromatic carbocycles. The van der Waals surface area contributed by atoms with Gasteiger partial charge in [0.1, 0.15) is 11.9 Å². The van der Waals surface area contributed by atoms with Crippen molar-refractivity contribution >= 4 is 17.7 Å². The lowest BCUT2D eigenvalue weighted by atomic mass is 10.0. The topological polar surface area (TPSA) is 78.6 Å². The SMILES string of the molecule is Cc1noc(C)c1CN1C[C@@H](F)C[C@H]1CNC(=O)C1(O)CCSC1. The maximum Gasteiger partial charge on any atom is 0.252 e. The maximum atomic E-state index is 13.9. The van der Waals surface area contributed by atoms with Crippen molar-refractivity contribution in [2.45, 2.75) is 51.0 Å². The van der Waals surface area contributed by atoms with Crippen LogP contribution < -0.4 is 5.32 Å². The molecule has 2 aliphatic rings. The van der Waals surface area contributed by atoms with E-state index in [-0.39, 0.29) is 11.9 Å². The molecular formula is C16H24FN3O3S. The minimum Gasteiger partial charge on any atom is -0.379 e. The van der Waals surface area contributed by atoms with Crippen LogP contribution in [0.4, 0.5) is 4.39 Å². The highest BCUT2D eigenvalue weighted by molar-refractivity contribution is 7.99. The number of nitrogens with one attached hydrogen (secondary N) is 1. The van der Waals surface area contributed by atoms with Crippen LogP contribution in [0.2, 0.25) is 0 Å². The first kappa shape index (κ1) is 17.7. The number of alkyl halides is 1. The normalized spacial score (nSPS) is 30.8. The summed E-state index contributed by atoms with van der Waals surface area (Å²) in [4.78, 5) is 14.2. The zero-order valence-electron chi connectivity index (χ0n) is 14.0. The van der Waals surface area contributed by atoms with Crippen molar-refractivity contribution in [2.24, 2.45) is 0 Å². The van der Waals surface area contributed by atoms with E-state index >= 15 is 0 Å². The van der Waals surface area contributed by atoms with Crippen LogP contribution in [-0.2, 0) is 11.3 Å². The molecule has 1 aromatic heterocycles. The van der Waals surface area contributed by atoms with Crippen molar-refractivity contribution < 1.29 is 18.8 Å². The molecule has 0 radical (unpaired) electrons. The van der Waals surface area contributed by atoms with Crippen molar-refractivity contribution in [3.8, 4) is 0 Å². The zero-order chi connectivity index (χ0) is 17.3. The fourth-order valence-corrected chi connectivity index (χ4v) is 4.61. The van der Waals surface area contributed by atoms with Gasteiger partial charge in [-0.05, 0) is 32.4 Å². The number of amides is 1. The van der Waals surface area contributed by atoms with E-state index in [1.807, 2.05) is 18.7 Å². The molecule has 8 heteroatoms. The predicted molar refractivity (Wildman–Crippen MR) is 89.6 cm³/mol. The molecule has 6 nitrogen and oxygen atoms in total. The van der Waals surface area contributed by atoms with Crippen LogP contribution in [0, 0.1) is 13.8 Å². The Kier molecular flexibility index (Phi) is 5.17. The number of nitrogens with zero attached hydrogens (tertiary/aromatic N) is 2. The first-order valence-corrected chi connectivity index (χ1v) is 9.43. The molecule has 134 valence electrons. The highest BCUT2D eigenvalue weighted by Gasteiger charge is 2.40. The minimum absolute atomic E-state index is 0.0877. The second kappa shape index (κ2) is 7.01. The fraction of sp³-hybridized carbons (Fsp3) is 0.750. The molecule has 1 unspecified atom stereocenters. The molecule has 2 aliphatic heterocycles. The van der Waals surface area contributed by atoms with Crippen molar-refractivity contribution in [3.05, 3.63) is 17.0 Å². The van der Waals surface area contributed by atoms with Crippen LogP contribution in [0.15, 0.2) is 4.52 Å². The van der Waals surface area contributed by atoms with Crippen LogP contribution in [-0.4, -0.2) is 63.5 Å². The van der Waals surface area contributed by atoms with Crippen LogP contribution in [0.3, 0.4) is 0 Å². The Labute approximate surface area is 145 Å². The zero-order valence-corrected chi connectivity index (χ0v) is 14.9. The van der Waals surface area contributed by atoms with Gasteiger partial charge >= 0.3 is 0 Å². The van der Waals surface area contributed by atoms with Gasteiger partial charge in [0.05, 0.1) is 5.69 Å². The summed E-state index contributed by atoms with van der Waals surface area (Å²) in [5.41, 5.74) is 0.520. The number of aromatic nitrogens is 1. The fourth-order valence-electron chi connectivity index (χ4n) is 3.37. The van der Waals surface area contributed by atoms with E-state index in [2.05, 4.69) is 10.5 Å². The Morgan fingerprint density at radius 2 is 2.38 bits per heavy atom. The summed E-state index contributed by atoms with van der Waals surface area (Å²) >= 11 is 1.58.